The molecule has 0 saturated heterocycles. The van der Waals surface area contributed by atoms with Gasteiger partial charge in [0.2, 0.25) is 11.8 Å². The molecule has 0 aliphatic rings. The molecule has 3 rings (SSSR count). The second kappa shape index (κ2) is 13.7. The van der Waals surface area contributed by atoms with Crippen molar-refractivity contribution in [1.82, 2.24) is 10.2 Å². The van der Waals surface area contributed by atoms with Crippen molar-refractivity contribution >= 4 is 33.2 Å². The Labute approximate surface area is 234 Å². The van der Waals surface area contributed by atoms with Crippen molar-refractivity contribution < 1.29 is 22.9 Å². The molecule has 212 valence electrons. The van der Waals surface area contributed by atoms with Gasteiger partial charge in [0, 0.05) is 24.7 Å². The predicted molar refractivity (Wildman–Crippen MR) is 153 cm³/mol. The molecule has 2 amide bonds. The first-order valence-electron chi connectivity index (χ1n) is 13.0. The summed E-state index contributed by atoms with van der Waals surface area (Å²) in [5.41, 5.74) is 0.600. The number of nitrogens with zero attached hydrogens (tertiary/aromatic N) is 3. The zero-order chi connectivity index (χ0) is 29.3. The summed E-state index contributed by atoms with van der Waals surface area (Å²) in [6, 6.07) is 21.1. The topological polar surface area (TPSA) is 130 Å². The minimum Gasteiger partial charge on any atom is -0.352 e. The van der Waals surface area contributed by atoms with E-state index in [0.717, 1.165) is 15.9 Å². The van der Waals surface area contributed by atoms with Crippen LogP contribution in [0.15, 0.2) is 89.8 Å². The largest absolute Gasteiger partial charge is 0.352 e. The molecule has 1 atom stereocenters. The van der Waals surface area contributed by atoms with Crippen LogP contribution in [0.2, 0.25) is 0 Å². The van der Waals surface area contributed by atoms with Gasteiger partial charge in [0.15, 0.2) is 0 Å². The molecule has 10 nitrogen and oxygen atoms in total. The molecule has 40 heavy (non-hydrogen) atoms. The van der Waals surface area contributed by atoms with Gasteiger partial charge in [0.1, 0.15) is 12.6 Å². The van der Waals surface area contributed by atoms with Crippen LogP contribution < -0.4 is 9.62 Å². The fourth-order valence-corrected chi connectivity index (χ4v) is 5.71. The lowest BCUT2D eigenvalue weighted by Gasteiger charge is -2.33. The van der Waals surface area contributed by atoms with Gasteiger partial charge in [-0.1, -0.05) is 61.5 Å². The first-order chi connectivity index (χ1) is 19.0. The van der Waals surface area contributed by atoms with Crippen LogP contribution in [-0.2, 0) is 26.0 Å². The van der Waals surface area contributed by atoms with E-state index in [-0.39, 0.29) is 34.8 Å². The van der Waals surface area contributed by atoms with E-state index >= 15 is 0 Å². The standard InChI is InChI=1S/C29H34N4O6S/c1-4-27(29(35)30-22(2)3)31(19-18-23-12-7-5-8-13-23)28(34)21-32(24-14-11-15-25(20-24)33(36)37)40(38,39)26-16-9-6-10-17-26/h5-17,20,22,27H,4,18-19,21H2,1-3H3,(H,30,35)/t27-/m0/s1. The Morgan fingerprint density at radius 3 is 2.15 bits per heavy atom. The highest BCUT2D eigenvalue weighted by Crippen LogP contribution is 2.27. The third-order valence-electron chi connectivity index (χ3n) is 6.24. The van der Waals surface area contributed by atoms with Crippen molar-refractivity contribution in [3.8, 4) is 0 Å². The normalized spacial score (nSPS) is 12.0. The zero-order valence-electron chi connectivity index (χ0n) is 22.8. The maximum absolute atomic E-state index is 13.9. The molecule has 3 aromatic rings. The maximum Gasteiger partial charge on any atom is 0.271 e. The summed E-state index contributed by atoms with van der Waals surface area (Å²) >= 11 is 0. The van der Waals surface area contributed by atoms with Gasteiger partial charge in [-0.3, -0.25) is 24.0 Å². The van der Waals surface area contributed by atoms with Crippen molar-refractivity contribution in [1.29, 1.82) is 0 Å². The van der Waals surface area contributed by atoms with Gasteiger partial charge in [-0.2, -0.15) is 0 Å². The van der Waals surface area contributed by atoms with Crippen molar-refractivity contribution in [2.45, 2.75) is 50.6 Å². The summed E-state index contributed by atoms with van der Waals surface area (Å²) in [4.78, 5) is 39.2. The van der Waals surface area contributed by atoms with Crippen molar-refractivity contribution in [3.63, 3.8) is 0 Å². The van der Waals surface area contributed by atoms with Crippen LogP contribution in [-0.4, -0.2) is 55.2 Å². The molecule has 0 spiro atoms. The Morgan fingerprint density at radius 2 is 1.57 bits per heavy atom. The molecule has 0 fully saturated rings. The van der Waals surface area contributed by atoms with Crippen LogP contribution in [0.25, 0.3) is 0 Å². The fourth-order valence-electron chi connectivity index (χ4n) is 4.29. The van der Waals surface area contributed by atoms with Gasteiger partial charge in [-0.25, -0.2) is 8.42 Å². The molecular weight excluding hydrogens is 532 g/mol. The molecule has 3 aromatic carbocycles. The summed E-state index contributed by atoms with van der Waals surface area (Å²) in [5.74, 6) is -0.945. The van der Waals surface area contributed by atoms with E-state index in [0.29, 0.717) is 12.8 Å². The number of non-ortho nitro benzene ring substituents is 1. The second-order valence-electron chi connectivity index (χ2n) is 9.51. The second-order valence-corrected chi connectivity index (χ2v) is 11.4. The predicted octanol–water partition coefficient (Wildman–Crippen LogP) is 4.16. The van der Waals surface area contributed by atoms with Crippen LogP contribution >= 0.6 is 0 Å². The number of rotatable bonds is 13. The third-order valence-corrected chi connectivity index (χ3v) is 8.03. The average molecular weight is 567 g/mol. The molecule has 1 N–H and O–H groups in total. The number of nitro benzene ring substituents is 1. The van der Waals surface area contributed by atoms with Gasteiger partial charge in [0.25, 0.3) is 15.7 Å². The van der Waals surface area contributed by atoms with Crippen LogP contribution in [0.4, 0.5) is 11.4 Å². The van der Waals surface area contributed by atoms with Gasteiger partial charge < -0.3 is 10.2 Å². The summed E-state index contributed by atoms with van der Waals surface area (Å²) in [5, 5.41) is 14.3. The molecule has 0 unspecified atom stereocenters. The highest BCUT2D eigenvalue weighted by Gasteiger charge is 2.34. The van der Waals surface area contributed by atoms with Crippen LogP contribution in [0, 0.1) is 10.1 Å². The van der Waals surface area contributed by atoms with Crippen LogP contribution in [0.1, 0.15) is 32.8 Å². The fraction of sp³-hybridized carbons (Fsp3) is 0.310. The molecule has 11 heteroatoms. The van der Waals surface area contributed by atoms with E-state index in [1.54, 1.807) is 25.1 Å². The van der Waals surface area contributed by atoms with Gasteiger partial charge in [-0.05, 0) is 50.5 Å². The molecule has 0 aliphatic heterocycles. The van der Waals surface area contributed by atoms with Gasteiger partial charge in [0.05, 0.1) is 15.5 Å². The maximum atomic E-state index is 13.9. The number of benzene rings is 3. The Bertz CT molecular complexity index is 1410. The summed E-state index contributed by atoms with van der Waals surface area (Å²) in [7, 11) is -4.30. The average Bonchev–Trinajstić information content (AvgIpc) is 2.94. The first-order valence-corrected chi connectivity index (χ1v) is 14.4. The number of carbonyl (C=O) groups is 2. The van der Waals surface area contributed by atoms with E-state index in [9.17, 15) is 28.1 Å². The quantitative estimate of drug-likeness (QED) is 0.244. The Morgan fingerprint density at radius 1 is 0.950 bits per heavy atom. The first kappa shape index (κ1) is 30.3. The summed E-state index contributed by atoms with van der Waals surface area (Å²) < 4.78 is 28.4. The zero-order valence-corrected chi connectivity index (χ0v) is 23.6. The molecule has 0 aromatic heterocycles. The molecule has 0 saturated carbocycles. The summed E-state index contributed by atoms with van der Waals surface area (Å²) in [6.07, 6.45) is 0.752. The van der Waals surface area contributed by atoms with Crippen molar-refractivity contribution in [3.05, 3.63) is 101 Å². The van der Waals surface area contributed by atoms with E-state index in [4.69, 9.17) is 0 Å². The van der Waals surface area contributed by atoms with E-state index in [1.165, 1.54) is 35.2 Å². The Balaban J connectivity index is 2.04. The van der Waals surface area contributed by atoms with Gasteiger partial charge in [-0.15, -0.1) is 0 Å². The van der Waals surface area contributed by atoms with Crippen LogP contribution in [0.5, 0.6) is 0 Å². The Hall–Kier alpha value is -4.25. The number of nitro groups is 1. The number of carbonyl (C=O) groups excluding carboxylic acids is 2. The number of sulfonamides is 1. The Kier molecular flexibility index (Phi) is 10.4. The van der Waals surface area contributed by atoms with Gasteiger partial charge >= 0.3 is 0 Å². The number of nitrogens with one attached hydrogen (secondary N) is 1. The van der Waals surface area contributed by atoms with Crippen LogP contribution in [0.3, 0.4) is 0 Å². The molecular formula is C29H34N4O6S. The van der Waals surface area contributed by atoms with E-state index < -0.39 is 33.4 Å². The lowest BCUT2D eigenvalue weighted by molar-refractivity contribution is -0.384. The molecule has 0 aliphatic carbocycles. The summed E-state index contributed by atoms with van der Waals surface area (Å²) in [6.45, 7) is 4.93. The SMILES string of the molecule is CC[C@@H](C(=O)NC(C)C)N(CCc1ccccc1)C(=O)CN(c1cccc([N+](=O)[O-])c1)S(=O)(=O)c1ccccc1. The number of anilines is 1. The van der Waals surface area contributed by atoms with E-state index in [2.05, 4.69) is 5.32 Å². The van der Waals surface area contributed by atoms with Crippen molar-refractivity contribution in [2.24, 2.45) is 0 Å². The minimum absolute atomic E-state index is 0.0332. The third kappa shape index (κ3) is 7.66. The molecule has 0 heterocycles. The minimum atomic E-state index is -4.30. The monoisotopic (exact) mass is 566 g/mol. The lowest BCUT2D eigenvalue weighted by Crippen LogP contribution is -2.54. The number of amides is 2. The molecule has 0 radical (unpaired) electrons. The molecule has 0 bridgehead atoms. The smallest absolute Gasteiger partial charge is 0.271 e. The van der Waals surface area contributed by atoms with E-state index in [1.807, 2.05) is 44.2 Å². The lowest BCUT2D eigenvalue weighted by atomic mass is 10.1. The highest BCUT2D eigenvalue weighted by atomic mass is 32.2. The number of hydrogen-bond acceptors (Lipinski definition) is 6. The van der Waals surface area contributed by atoms with Crippen molar-refractivity contribution in [2.75, 3.05) is 17.4 Å². The number of hydrogen-bond donors (Lipinski definition) is 1. The highest BCUT2D eigenvalue weighted by molar-refractivity contribution is 7.92.